The molecule has 0 fully saturated rings. The van der Waals surface area contributed by atoms with Crippen molar-refractivity contribution < 1.29 is 9.53 Å². The zero-order valence-corrected chi connectivity index (χ0v) is 15.9. The summed E-state index contributed by atoms with van der Waals surface area (Å²) in [7, 11) is 0. The summed E-state index contributed by atoms with van der Waals surface area (Å²) in [5.74, 6) is 0.275. The second-order valence-corrected chi connectivity index (χ2v) is 6.88. The first-order valence-corrected chi connectivity index (χ1v) is 9.28. The molecular weight excluding hydrogens is 352 g/mol. The van der Waals surface area contributed by atoms with Crippen LogP contribution in [0.15, 0.2) is 72.2 Å². The molecule has 4 rings (SSSR count). The maximum absolute atomic E-state index is 13.0. The number of anilines is 1. The average Bonchev–Trinajstić information content (AvgIpc) is 3.16. The lowest BCUT2D eigenvalue weighted by Crippen LogP contribution is -2.30. The van der Waals surface area contributed by atoms with Crippen molar-refractivity contribution in [1.29, 1.82) is 0 Å². The topological polar surface area (TPSA) is 69.0 Å². The molecule has 6 nitrogen and oxygen atoms in total. The van der Waals surface area contributed by atoms with Gasteiger partial charge in [0.05, 0.1) is 12.2 Å². The van der Waals surface area contributed by atoms with Gasteiger partial charge in [-0.15, -0.1) is 0 Å². The van der Waals surface area contributed by atoms with Gasteiger partial charge in [0, 0.05) is 12.1 Å². The molecule has 0 amide bonds. The van der Waals surface area contributed by atoms with Gasteiger partial charge < -0.3 is 10.1 Å². The predicted octanol–water partition coefficient (Wildman–Crippen LogP) is 3.66. The third-order valence-corrected chi connectivity index (χ3v) is 4.87. The lowest BCUT2D eigenvalue weighted by molar-refractivity contribution is -0.139. The molecule has 0 saturated heterocycles. The van der Waals surface area contributed by atoms with E-state index in [4.69, 9.17) is 4.74 Å². The maximum atomic E-state index is 13.0. The van der Waals surface area contributed by atoms with Gasteiger partial charge in [-0.25, -0.2) is 9.48 Å². The van der Waals surface area contributed by atoms with Gasteiger partial charge in [-0.2, -0.15) is 10.1 Å². The molecule has 1 aliphatic rings. The van der Waals surface area contributed by atoms with Crippen molar-refractivity contribution in [1.82, 2.24) is 14.8 Å². The number of carbonyl (C=O) groups is 1. The quantitative estimate of drug-likeness (QED) is 0.690. The summed E-state index contributed by atoms with van der Waals surface area (Å²) >= 11 is 0. The number of carbonyl (C=O) groups excluding carboxylic acids is 1. The smallest absolute Gasteiger partial charge is 0.338 e. The van der Waals surface area contributed by atoms with Crippen LogP contribution in [0.25, 0.3) is 0 Å². The van der Waals surface area contributed by atoms with Crippen molar-refractivity contribution in [3.63, 3.8) is 0 Å². The van der Waals surface area contributed by atoms with E-state index in [1.54, 1.807) is 4.68 Å². The van der Waals surface area contributed by atoms with Crippen molar-refractivity contribution in [3.8, 4) is 0 Å². The van der Waals surface area contributed by atoms with E-state index in [0.717, 1.165) is 22.4 Å². The number of nitrogens with zero attached hydrogens (tertiary/aromatic N) is 3. The van der Waals surface area contributed by atoms with Crippen LogP contribution < -0.4 is 5.32 Å². The Balaban J connectivity index is 1.59. The normalized spacial score (nSPS) is 15.7. The van der Waals surface area contributed by atoms with Crippen LogP contribution in [0.4, 0.5) is 5.95 Å². The fraction of sp³-hybridized carbons (Fsp3) is 0.227. The minimum absolute atomic E-state index is 0.324. The zero-order valence-electron chi connectivity index (χ0n) is 15.9. The highest BCUT2D eigenvalue weighted by Gasteiger charge is 2.34. The van der Waals surface area contributed by atoms with Gasteiger partial charge in [-0.1, -0.05) is 60.2 Å². The van der Waals surface area contributed by atoms with E-state index in [9.17, 15) is 4.79 Å². The molecule has 0 spiro atoms. The monoisotopic (exact) mass is 374 g/mol. The Morgan fingerprint density at radius 1 is 1.11 bits per heavy atom. The van der Waals surface area contributed by atoms with Crippen LogP contribution in [0.2, 0.25) is 0 Å². The van der Waals surface area contributed by atoms with E-state index in [0.29, 0.717) is 24.5 Å². The summed E-state index contributed by atoms with van der Waals surface area (Å²) in [6, 6.07) is 17.7. The first-order chi connectivity index (χ1) is 13.6. The molecule has 1 atom stereocenters. The fourth-order valence-electron chi connectivity index (χ4n) is 3.40. The number of ether oxygens (including phenoxy) is 1. The summed E-state index contributed by atoms with van der Waals surface area (Å²) in [5.41, 5.74) is 4.54. The molecule has 0 unspecified atom stereocenters. The molecule has 28 heavy (non-hydrogen) atoms. The predicted molar refractivity (Wildman–Crippen MR) is 107 cm³/mol. The van der Waals surface area contributed by atoms with Crippen LogP contribution >= 0.6 is 0 Å². The van der Waals surface area contributed by atoms with Crippen LogP contribution in [0.3, 0.4) is 0 Å². The zero-order chi connectivity index (χ0) is 19.5. The van der Waals surface area contributed by atoms with Crippen molar-refractivity contribution in [2.24, 2.45) is 0 Å². The van der Waals surface area contributed by atoms with Gasteiger partial charge in [0.25, 0.3) is 0 Å². The van der Waals surface area contributed by atoms with E-state index >= 15 is 0 Å². The Morgan fingerprint density at radius 2 is 1.86 bits per heavy atom. The third kappa shape index (κ3) is 3.53. The average molecular weight is 374 g/mol. The van der Waals surface area contributed by atoms with Gasteiger partial charge in [-0.3, -0.25) is 0 Å². The maximum Gasteiger partial charge on any atom is 0.338 e. The first kappa shape index (κ1) is 18.0. The SMILES string of the molecule is CC1=C(C(=O)OCCc2ccccc2)[C@@H](c2ccc(C)cc2)n2ncnc2N1. The van der Waals surface area contributed by atoms with Gasteiger partial charge in [0.1, 0.15) is 12.4 Å². The van der Waals surface area contributed by atoms with Crippen LogP contribution in [0, 0.1) is 6.92 Å². The molecule has 1 aliphatic heterocycles. The summed E-state index contributed by atoms with van der Waals surface area (Å²) in [6.45, 7) is 4.23. The Morgan fingerprint density at radius 3 is 2.61 bits per heavy atom. The minimum atomic E-state index is -0.372. The Hall–Kier alpha value is -3.41. The van der Waals surface area contributed by atoms with Gasteiger partial charge in [0.2, 0.25) is 5.95 Å². The first-order valence-electron chi connectivity index (χ1n) is 9.28. The standard InChI is InChI=1S/C22H22N4O2/c1-15-8-10-18(11-9-15)20-19(16(2)25-22-23-14-24-26(20)22)21(27)28-13-12-17-6-4-3-5-7-17/h3-11,14,20H,12-13H2,1-2H3,(H,23,24,25)/t20-/m1/s1. The van der Waals surface area contributed by atoms with Gasteiger partial charge >= 0.3 is 5.97 Å². The lowest BCUT2D eigenvalue weighted by atomic mass is 9.95. The van der Waals surface area contributed by atoms with E-state index in [2.05, 4.69) is 15.4 Å². The van der Waals surface area contributed by atoms with Crippen LogP contribution in [0.1, 0.15) is 29.7 Å². The molecule has 0 bridgehead atoms. The number of allylic oxidation sites excluding steroid dienone is 1. The fourth-order valence-corrected chi connectivity index (χ4v) is 3.40. The molecular formula is C22H22N4O2. The molecule has 2 aromatic carbocycles. The van der Waals surface area contributed by atoms with Crippen molar-refractivity contribution in [2.75, 3.05) is 11.9 Å². The molecule has 0 saturated carbocycles. The number of aromatic nitrogens is 3. The summed E-state index contributed by atoms with van der Waals surface area (Å²) < 4.78 is 7.35. The number of aryl methyl sites for hydroxylation is 1. The molecule has 0 aliphatic carbocycles. The van der Waals surface area contributed by atoms with Crippen LogP contribution in [-0.2, 0) is 16.0 Å². The van der Waals surface area contributed by atoms with E-state index in [1.165, 1.54) is 6.33 Å². The third-order valence-electron chi connectivity index (χ3n) is 4.87. The highest BCUT2D eigenvalue weighted by molar-refractivity contribution is 5.92. The summed E-state index contributed by atoms with van der Waals surface area (Å²) in [5, 5.41) is 7.49. The van der Waals surface area contributed by atoms with E-state index in [1.807, 2.05) is 68.4 Å². The van der Waals surface area contributed by atoms with E-state index < -0.39 is 0 Å². The molecule has 6 heteroatoms. The number of nitrogens with one attached hydrogen (secondary N) is 1. The van der Waals surface area contributed by atoms with Crippen molar-refractivity contribution in [2.45, 2.75) is 26.3 Å². The number of hydrogen-bond acceptors (Lipinski definition) is 5. The summed E-state index contributed by atoms with van der Waals surface area (Å²) in [6.07, 6.45) is 2.16. The van der Waals surface area contributed by atoms with Crippen LogP contribution in [0.5, 0.6) is 0 Å². The Bertz CT molecular complexity index is 1010. The van der Waals surface area contributed by atoms with Gasteiger partial charge in [0.15, 0.2) is 0 Å². The number of esters is 1. The lowest BCUT2D eigenvalue weighted by Gasteiger charge is -2.28. The Kier molecular flexibility index (Phi) is 4.93. The van der Waals surface area contributed by atoms with E-state index in [-0.39, 0.29) is 12.0 Å². The molecule has 1 aromatic heterocycles. The highest BCUT2D eigenvalue weighted by atomic mass is 16.5. The highest BCUT2D eigenvalue weighted by Crippen LogP contribution is 2.35. The number of hydrogen-bond donors (Lipinski definition) is 1. The molecule has 0 radical (unpaired) electrons. The van der Waals surface area contributed by atoms with Gasteiger partial charge in [-0.05, 0) is 25.0 Å². The second kappa shape index (κ2) is 7.68. The van der Waals surface area contributed by atoms with Crippen molar-refractivity contribution >= 4 is 11.9 Å². The largest absolute Gasteiger partial charge is 0.462 e. The minimum Gasteiger partial charge on any atom is -0.462 e. The number of benzene rings is 2. The van der Waals surface area contributed by atoms with Crippen LogP contribution in [-0.4, -0.2) is 27.3 Å². The second-order valence-electron chi connectivity index (χ2n) is 6.88. The summed E-state index contributed by atoms with van der Waals surface area (Å²) in [4.78, 5) is 17.3. The Labute approximate surface area is 163 Å². The molecule has 3 aromatic rings. The van der Waals surface area contributed by atoms with Crippen molar-refractivity contribution in [3.05, 3.63) is 88.9 Å². The molecule has 142 valence electrons. The number of rotatable bonds is 5. The molecule has 1 N–H and O–H groups in total. The molecule has 2 heterocycles. The number of fused-ring (bicyclic) bond motifs is 1.